The zero-order valence-corrected chi connectivity index (χ0v) is 16.0. The number of carbonyl (C=O) groups is 1. The summed E-state index contributed by atoms with van der Waals surface area (Å²) in [6.07, 6.45) is 0. The monoisotopic (exact) mass is 386 g/mol. The lowest BCUT2D eigenvalue weighted by Gasteiger charge is -2.12. The number of anilines is 1. The van der Waals surface area contributed by atoms with Crippen molar-refractivity contribution in [1.29, 1.82) is 0 Å². The lowest BCUT2D eigenvalue weighted by Crippen LogP contribution is -2.23. The van der Waals surface area contributed by atoms with Crippen LogP contribution in [0, 0.1) is 5.82 Å². The fourth-order valence-corrected chi connectivity index (χ4v) is 3.30. The van der Waals surface area contributed by atoms with Gasteiger partial charge in [-0.25, -0.2) is 4.39 Å². The van der Waals surface area contributed by atoms with Crippen molar-refractivity contribution >= 4 is 23.4 Å². The van der Waals surface area contributed by atoms with Crippen molar-refractivity contribution in [3.63, 3.8) is 0 Å². The Labute approximate surface area is 160 Å². The van der Waals surface area contributed by atoms with Crippen LogP contribution in [-0.4, -0.2) is 33.0 Å². The molecule has 0 aliphatic heterocycles. The number of hydrogen-bond donors (Lipinski definition) is 1. The standard InChI is InChI=1S/C19H19FN4O2S/c1-12(18(25)21-15-10-6-5-9-14(15)20)27-19-23-22-17(24(19)2)13-8-4-7-11-16(13)26-3/h4-12H,1-3H3,(H,21,25)/t12-/m1/s1. The van der Waals surface area contributed by atoms with Crippen molar-refractivity contribution in [2.75, 3.05) is 12.4 Å². The molecule has 0 saturated carbocycles. The van der Waals surface area contributed by atoms with Crippen LogP contribution in [0.2, 0.25) is 0 Å². The molecule has 6 nitrogen and oxygen atoms in total. The molecular formula is C19H19FN4O2S. The first-order chi connectivity index (χ1) is 13.0. The number of carbonyl (C=O) groups excluding carboxylic acids is 1. The lowest BCUT2D eigenvalue weighted by molar-refractivity contribution is -0.115. The van der Waals surface area contributed by atoms with E-state index < -0.39 is 11.1 Å². The summed E-state index contributed by atoms with van der Waals surface area (Å²) >= 11 is 1.25. The minimum absolute atomic E-state index is 0.155. The number of amides is 1. The highest BCUT2D eigenvalue weighted by molar-refractivity contribution is 8.00. The van der Waals surface area contributed by atoms with E-state index in [0.29, 0.717) is 16.7 Å². The minimum Gasteiger partial charge on any atom is -0.496 e. The summed E-state index contributed by atoms with van der Waals surface area (Å²) in [5, 5.41) is 11.1. The molecule has 0 aliphatic rings. The molecule has 0 aliphatic carbocycles. The molecule has 0 fully saturated rings. The Kier molecular flexibility index (Phi) is 5.75. The van der Waals surface area contributed by atoms with E-state index >= 15 is 0 Å². The van der Waals surface area contributed by atoms with Crippen LogP contribution < -0.4 is 10.1 Å². The molecule has 1 N–H and O–H groups in total. The number of aromatic nitrogens is 3. The zero-order chi connectivity index (χ0) is 19.4. The van der Waals surface area contributed by atoms with Crippen LogP contribution in [0.1, 0.15) is 6.92 Å². The number of halogens is 1. The van der Waals surface area contributed by atoms with Crippen LogP contribution in [0.3, 0.4) is 0 Å². The molecule has 1 atom stereocenters. The number of benzene rings is 2. The van der Waals surface area contributed by atoms with E-state index in [4.69, 9.17) is 4.74 Å². The van der Waals surface area contributed by atoms with Gasteiger partial charge in [-0.1, -0.05) is 36.0 Å². The molecule has 8 heteroatoms. The molecular weight excluding hydrogens is 367 g/mol. The first-order valence-corrected chi connectivity index (χ1v) is 9.14. The van der Waals surface area contributed by atoms with E-state index in [1.807, 2.05) is 31.3 Å². The summed E-state index contributed by atoms with van der Waals surface area (Å²) in [7, 11) is 3.42. The predicted molar refractivity (Wildman–Crippen MR) is 103 cm³/mol. The highest BCUT2D eigenvalue weighted by Gasteiger charge is 2.21. The highest BCUT2D eigenvalue weighted by Crippen LogP contribution is 2.31. The van der Waals surface area contributed by atoms with Crippen molar-refractivity contribution in [3.05, 3.63) is 54.3 Å². The summed E-state index contributed by atoms with van der Waals surface area (Å²) < 4.78 is 20.9. The number of para-hydroxylation sites is 2. The molecule has 1 aromatic heterocycles. The summed E-state index contributed by atoms with van der Waals surface area (Å²) in [6.45, 7) is 1.73. The number of methoxy groups -OCH3 is 1. The smallest absolute Gasteiger partial charge is 0.237 e. The normalized spacial score (nSPS) is 11.9. The van der Waals surface area contributed by atoms with Crippen LogP contribution in [0.5, 0.6) is 5.75 Å². The van der Waals surface area contributed by atoms with Crippen molar-refractivity contribution in [2.24, 2.45) is 7.05 Å². The maximum atomic E-state index is 13.7. The average Bonchev–Trinajstić information content (AvgIpc) is 3.03. The number of nitrogens with one attached hydrogen (secondary N) is 1. The van der Waals surface area contributed by atoms with Gasteiger partial charge in [-0.3, -0.25) is 4.79 Å². The van der Waals surface area contributed by atoms with Crippen molar-refractivity contribution in [3.8, 4) is 17.1 Å². The Bertz CT molecular complexity index is 960. The maximum Gasteiger partial charge on any atom is 0.237 e. The van der Waals surface area contributed by atoms with E-state index in [2.05, 4.69) is 15.5 Å². The van der Waals surface area contributed by atoms with Gasteiger partial charge in [0.25, 0.3) is 0 Å². The van der Waals surface area contributed by atoms with Gasteiger partial charge in [-0.05, 0) is 31.2 Å². The quantitative estimate of drug-likeness (QED) is 0.654. The SMILES string of the molecule is COc1ccccc1-c1nnc(S[C@H](C)C(=O)Nc2ccccc2F)n1C. The number of hydrogen-bond acceptors (Lipinski definition) is 5. The van der Waals surface area contributed by atoms with E-state index in [1.54, 1.807) is 30.7 Å². The Morgan fingerprint density at radius 3 is 2.63 bits per heavy atom. The van der Waals surface area contributed by atoms with Crippen LogP contribution in [0.4, 0.5) is 10.1 Å². The summed E-state index contributed by atoms with van der Waals surface area (Å²) in [5.41, 5.74) is 0.966. The Morgan fingerprint density at radius 1 is 1.19 bits per heavy atom. The molecule has 140 valence electrons. The van der Waals surface area contributed by atoms with Crippen LogP contribution in [0.15, 0.2) is 53.7 Å². The molecule has 0 radical (unpaired) electrons. The number of nitrogens with zero attached hydrogens (tertiary/aromatic N) is 3. The van der Waals surface area contributed by atoms with Crippen LogP contribution >= 0.6 is 11.8 Å². The van der Waals surface area contributed by atoms with E-state index in [-0.39, 0.29) is 11.6 Å². The minimum atomic E-state index is -0.488. The van der Waals surface area contributed by atoms with Gasteiger partial charge in [0.2, 0.25) is 5.91 Å². The molecule has 0 spiro atoms. The largest absolute Gasteiger partial charge is 0.496 e. The van der Waals surface area contributed by atoms with E-state index in [9.17, 15) is 9.18 Å². The van der Waals surface area contributed by atoms with Crippen molar-refractivity contribution in [1.82, 2.24) is 14.8 Å². The van der Waals surface area contributed by atoms with Crippen LogP contribution in [0.25, 0.3) is 11.4 Å². The Balaban J connectivity index is 1.75. The van der Waals surface area contributed by atoms with Gasteiger partial charge < -0.3 is 14.6 Å². The average molecular weight is 386 g/mol. The van der Waals surface area contributed by atoms with Gasteiger partial charge in [0.1, 0.15) is 11.6 Å². The lowest BCUT2D eigenvalue weighted by atomic mass is 10.2. The Hall–Kier alpha value is -2.87. The molecule has 2 aromatic carbocycles. The van der Waals surface area contributed by atoms with E-state index in [0.717, 1.165) is 5.56 Å². The van der Waals surface area contributed by atoms with Gasteiger partial charge in [0.05, 0.1) is 23.6 Å². The molecule has 27 heavy (non-hydrogen) atoms. The second kappa shape index (κ2) is 8.22. The molecule has 0 saturated heterocycles. The third-order valence-corrected chi connectivity index (χ3v) is 5.10. The second-order valence-electron chi connectivity index (χ2n) is 5.79. The zero-order valence-electron chi connectivity index (χ0n) is 15.1. The van der Waals surface area contributed by atoms with Gasteiger partial charge in [0, 0.05) is 7.05 Å². The summed E-state index contributed by atoms with van der Waals surface area (Å²) in [6, 6.07) is 13.6. The second-order valence-corrected chi connectivity index (χ2v) is 7.10. The summed E-state index contributed by atoms with van der Waals surface area (Å²) in [5.74, 6) is 0.540. The number of thioether (sulfide) groups is 1. The van der Waals surface area contributed by atoms with Gasteiger partial charge in [0.15, 0.2) is 11.0 Å². The molecule has 3 aromatic rings. The first-order valence-electron chi connectivity index (χ1n) is 8.26. The number of ether oxygens (including phenoxy) is 1. The van der Waals surface area contributed by atoms with Gasteiger partial charge in [-0.2, -0.15) is 0 Å². The third kappa shape index (κ3) is 4.11. The molecule has 1 amide bonds. The Morgan fingerprint density at radius 2 is 1.89 bits per heavy atom. The molecule has 0 bridgehead atoms. The van der Waals surface area contributed by atoms with Gasteiger partial charge >= 0.3 is 0 Å². The number of rotatable bonds is 6. The fourth-order valence-electron chi connectivity index (χ4n) is 2.49. The van der Waals surface area contributed by atoms with Gasteiger partial charge in [-0.15, -0.1) is 10.2 Å². The van der Waals surface area contributed by atoms with E-state index in [1.165, 1.54) is 23.9 Å². The first kappa shape index (κ1) is 18.9. The maximum absolute atomic E-state index is 13.7. The fraction of sp³-hybridized carbons (Fsp3) is 0.211. The topological polar surface area (TPSA) is 69.0 Å². The van der Waals surface area contributed by atoms with Crippen molar-refractivity contribution in [2.45, 2.75) is 17.3 Å². The molecule has 3 rings (SSSR count). The predicted octanol–water partition coefficient (Wildman–Crippen LogP) is 3.75. The third-order valence-electron chi connectivity index (χ3n) is 3.97. The molecule has 0 unspecified atom stereocenters. The van der Waals surface area contributed by atoms with Crippen molar-refractivity contribution < 1.29 is 13.9 Å². The van der Waals surface area contributed by atoms with Crippen LogP contribution in [-0.2, 0) is 11.8 Å². The highest BCUT2D eigenvalue weighted by atomic mass is 32.2. The molecule has 1 heterocycles. The summed E-state index contributed by atoms with van der Waals surface area (Å²) in [4.78, 5) is 12.4.